The molecule has 6 nitrogen and oxygen atoms in total. The number of imidazole rings is 1. The van der Waals surface area contributed by atoms with E-state index in [4.69, 9.17) is 17.0 Å². The van der Waals surface area contributed by atoms with E-state index in [-0.39, 0.29) is 11.0 Å². The molecule has 0 aliphatic heterocycles. The highest BCUT2D eigenvalue weighted by Crippen LogP contribution is 2.22. The predicted molar refractivity (Wildman–Crippen MR) is 127 cm³/mol. The summed E-state index contributed by atoms with van der Waals surface area (Å²) in [5.74, 6) is 1.17. The van der Waals surface area contributed by atoms with Gasteiger partial charge < -0.3 is 15.0 Å². The van der Waals surface area contributed by atoms with E-state index in [1.165, 1.54) is 0 Å². The number of H-pyrrole nitrogens is 1. The molecule has 0 saturated heterocycles. The first-order valence-electron chi connectivity index (χ1n) is 10.0. The number of amides is 1. The second-order valence-corrected chi connectivity index (χ2v) is 7.37. The van der Waals surface area contributed by atoms with Crippen molar-refractivity contribution < 1.29 is 9.53 Å². The van der Waals surface area contributed by atoms with Gasteiger partial charge in [0.25, 0.3) is 5.91 Å². The molecule has 7 heteroatoms. The minimum absolute atomic E-state index is 0.223. The van der Waals surface area contributed by atoms with Crippen LogP contribution in [0, 0.1) is 0 Å². The molecule has 31 heavy (non-hydrogen) atoms. The number of aromatic amines is 1. The zero-order valence-corrected chi connectivity index (χ0v) is 17.8. The number of anilines is 1. The summed E-state index contributed by atoms with van der Waals surface area (Å²) in [4.78, 5) is 20.4. The molecule has 0 spiro atoms. The van der Waals surface area contributed by atoms with Gasteiger partial charge >= 0.3 is 0 Å². The minimum atomic E-state index is -0.293. The number of benzene rings is 3. The Kier molecular flexibility index (Phi) is 6.24. The molecular weight excluding hydrogens is 408 g/mol. The molecule has 4 rings (SSSR count). The van der Waals surface area contributed by atoms with Crippen LogP contribution in [0.3, 0.4) is 0 Å². The number of hydrogen-bond donors (Lipinski definition) is 3. The molecule has 156 valence electrons. The molecule has 1 heterocycles. The Bertz CT molecular complexity index is 1180. The van der Waals surface area contributed by atoms with Crippen molar-refractivity contribution in [2.45, 2.75) is 13.3 Å². The number of ether oxygens (including phenoxy) is 1. The van der Waals surface area contributed by atoms with E-state index in [0.29, 0.717) is 17.9 Å². The third-order valence-electron chi connectivity index (χ3n) is 4.60. The van der Waals surface area contributed by atoms with Crippen molar-refractivity contribution in [1.29, 1.82) is 0 Å². The van der Waals surface area contributed by atoms with E-state index in [1.807, 2.05) is 61.5 Å². The monoisotopic (exact) mass is 430 g/mol. The lowest BCUT2D eigenvalue weighted by Gasteiger charge is -2.11. The summed E-state index contributed by atoms with van der Waals surface area (Å²) in [6.45, 7) is 2.64. The Morgan fingerprint density at radius 1 is 1.06 bits per heavy atom. The third kappa shape index (κ3) is 5.07. The van der Waals surface area contributed by atoms with Crippen molar-refractivity contribution >= 4 is 40.0 Å². The summed E-state index contributed by atoms with van der Waals surface area (Å²) >= 11 is 5.29. The molecule has 1 aromatic heterocycles. The number of fused-ring (bicyclic) bond motifs is 1. The number of nitrogens with zero attached hydrogens (tertiary/aromatic N) is 1. The molecule has 0 saturated carbocycles. The van der Waals surface area contributed by atoms with Crippen molar-refractivity contribution in [1.82, 2.24) is 15.3 Å². The molecule has 0 atom stereocenters. The number of carbonyl (C=O) groups excluding carboxylic acids is 1. The summed E-state index contributed by atoms with van der Waals surface area (Å²) in [6, 6.07) is 22.6. The highest BCUT2D eigenvalue weighted by Gasteiger charge is 2.10. The summed E-state index contributed by atoms with van der Waals surface area (Å²) in [6.07, 6.45) is 0.902. The van der Waals surface area contributed by atoms with Crippen LogP contribution in [0.2, 0.25) is 0 Å². The molecular formula is C24H22N4O2S. The van der Waals surface area contributed by atoms with E-state index in [9.17, 15) is 4.79 Å². The van der Waals surface area contributed by atoms with Crippen LogP contribution in [0.15, 0.2) is 72.8 Å². The molecule has 1 amide bonds. The molecule has 0 fully saturated rings. The van der Waals surface area contributed by atoms with Gasteiger partial charge in [-0.3, -0.25) is 10.1 Å². The molecule has 0 unspecified atom stereocenters. The van der Waals surface area contributed by atoms with Crippen LogP contribution in [-0.2, 0) is 0 Å². The number of carbonyl (C=O) groups is 1. The van der Waals surface area contributed by atoms with Gasteiger partial charge in [-0.15, -0.1) is 0 Å². The van der Waals surface area contributed by atoms with E-state index in [1.54, 1.807) is 18.2 Å². The van der Waals surface area contributed by atoms with Crippen molar-refractivity contribution in [3.63, 3.8) is 0 Å². The van der Waals surface area contributed by atoms with Gasteiger partial charge in [-0.05, 0) is 73.2 Å². The van der Waals surface area contributed by atoms with Gasteiger partial charge in [0.05, 0.1) is 17.6 Å². The van der Waals surface area contributed by atoms with Crippen LogP contribution in [0.5, 0.6) is 5.75 Å². The number of hydrogen-bond acceptors (Lipinski definition) is 4. The number of aromatic nitrogens is 2. The summed E-state index contributed by atoms with van der Waals surface area (Å²) in [5.41, 5.74) is 4.13. The highest BCUT2D eigenvalue weighted by atomic mass is 32.1. The Hall–Kier alpha value is -3.71. The van der Waals surface area contributed by atoms with E-state index in [2.05, 4.69) is 20.6 Å². The fourth-order valence-electron chi connectivity index (χ4n) is 3.09. The van der Waals surface area contributed by atoms with Crippen LogP contribution < -0.4 is 15.4 Å². The second-order valence-electron chi connectivity index (χ2n) is 6.96. The van der Waals surface area contributed by atoms with Crippen molar-refractivity contribution in [2.24, 2.45) is 0 Å². The maximum Gasteiger partial charge on any atom is 0.257 e. The second kappa shape index (κ2) is 9.40. The summed E-state index contributed by atoms with van der Waals surface area (Å²) in [7, 11) is 0. The number of thiocarbonyl (C=S) groups is 1. The Morgan fingerprint density at radius 2 is 1.87 bits per heavy atom. The third-order valence-corrected chi connectivity index (χ3v) is 4.81. The van der Waals surface area contributed by atoms with E-state index in [0.717, 1.165) is 34.5 Å². The van der Waals surface area contributed by atoms with Crippen molar-refractivity contribution in [3.05, 3.63) is 78.4 Å². The molecule has 3 N–H and O–H groups in total. The summed E-state index contributed by atoms with van der Waals surface area (Å²) in [5, 5.41) is 5.96. The predicted octanol–water partition coefficient (Wildman–Crippen LogP) is 5.15. The van der Waals surface area contributed by atoms with Gasteiger partial charge in [0.2, 0.25) is 0 Å². The van der Waals surface area contributed by atoms with E-state index >= 15 is 0 Å². The van der Waals surface area contributed by atoms with Gasteiger partial charge in [0, 0.05) is 16.8 Å². The molecule has 0 radical (unpaired) electrons. The quantitative estimate of drug-likeness (QED) is 0.369. The first-order chi connectivity index (χ1) is 15.1. The average Bonchev–Trinajstić information content (AvgIpc) is 3.22. The maximum atomic E-state index is 12.5. The Morgan fingerprint density at radius 3 is 2.65 bits per heavy atom. The first kappa shape index (κ1) is 20.6. The van der Waals surface area contributed by atoms with Crippen molar-refractivity contribution in [2.75, 3.05) is 11.9 Å². The van der Waals surface area contributed by atoms with Crippen LogP contribution >= 0.6 is 12.2 Å². The SMILES string of the molecule is CCCOc1cccc(C(=O)NC(=S)Nc2ccc(-c3nc4ccccc4[nH]3)cc2)c1. The molecule has 0 aliphatic rings. The van der Waals surface area contributed by atoms with Gasteiger partial charge in [-0.2, -0.15) is 0 Å². The van der Waals surface area contributed by atoms with Crippen LogP contribution in [0.1, 0.15) is 23.7 Å². The molecule has 3 aromatic carbocycles. The van der Waals surface area contributed by atoms with Crippen LogP contribution in [0.25, 0.3) is 22.4 Å². The fourth-order valence-corrected chi connectivity index (χ4v) is 3.30. The lowest BCUT2D eigenvalue weighted by Crippen LogP contribution is -2.34. The average molecular weight is 431 g/mol. The standard InChI is InChI=1S/C24H22N4O2S/c1-2-14-30-19-7-5-6-17(15-19)23(29)28-24(31)25-18-12-10-16(11-13-18)22-26-20-8-3-4-9-21(20)27-22/h3-13,15H,2,14H2,1H3,(H,26,27)(H2,25,28,29,31). The smallest absolute Gasteiger partial charge is 0.257 e. The highest BCUT2D eigenvalue weighted by molar-refractivity contribution is 7.80. The van der Waals surface area contributed by atoms with Crippen LogP contribution in [0.4, 0.5) is 5.69 Å². The zero-order chi connectivity index (χ0) is 21.6. The van der Waals surface area contributed by atoms with Gasteiger partial charge in [-0.25, -0.2) is 4.98 Å². The van der Waals surface area contributed by atoms with Gasteiger partial charge in [0.15, 0.2) is 5.11 Å². The number of para-hydroxylation sites is 2. The maximum absolute atomic E-state index is 12.5. The lowest BCUT2D eigenvalue weighted by molar-refractivity contribution is 0.0977. The zero-order valence-electron chi connectivity index (χ0n) is 17.0. The fraction of sp³-hybridized carbons (Fsp3) is 0.125. The van der Waals surface area contributed by atoms with Gasteiger partial charge in [-0.1, -0.05) is 25.1 Å². The minimum Gasteiger partial charge on any atom is -0.494 e. The molecule has 4 aromatic rings. The first-order valence-corrected chi connectivity index (χ1v) is 10.4. The Balaban J connectivity index is 1.38. The summed E-state index contributed by atoms with van der Waals surface area (Å²) < 4.78 is 5.58. The van der Waals surface area contributed by atoms with Crippen molar-refractivity contribution in [3.8, 4) is 17.1 Å². The number of rotatable bonds is 6. The molecule has 0 bridgehead atoms. The van der Waals surface area contributed by atoms with E-state index < -0.39 is 0 Å². The van der Waals surface area contributed by atoms with Gasteiger partial charge in [0.1, 0.15) is 11.6 Å². The normalized spacial score (nSPS) is 10.6. The number of nitrogens with one attached hydrogen (secondary N) is 3. The lowest BCUT2D eigenvalue weighted by atomic mass is 10.2. The molecule has 0 aliphatic carbocycles. The largest absolute Gasteiger partial charge is 0.494 e. The topological polar surface area (TPSA) is 79.0 Å². The van der Waals surface area contributed by atoms with Crippen LogP contribution in [-0.4, -0.2) is 27.6 Å². The Labute approximate surface area is 185 Å².